The van der Waals surface area contributed by atoms with Gasteiger partial charge in [0.05, 0.1) is 0 Å². The Morgan fingerprint density at radius 3 is 3.00 bits per heavy atom. The highest BCUT2D eigenvalue weighted by Crippen LogP contribution is 2.27. The topological polar surface area (TPSA) is 76.2 Å². The molecule has 0 bridgehead atoms. The average molecular weight is 286 g/mol. The summed E-state index contributed by atoms with van der Waals surface area (Å²) in [6, 6.07) is 0.377. The number of rotatable bonds is 1. The van der Waals surface area contributed by atoms with Crippen molar-refractivity contribution >= 4 is 22.8 Å². The number of aryl methyl sites for hydroxylation is 2. The standard InChI is InChI=1S/C13H18N8/c1-8-6-14-4-5-20(8)11-10-12(19(3)9(2)16-10)21-7-15-18-13(21)17-11/h7-8,14H,4-6H2,1-3H3. The van der Waals surface area contributed by atoms with E-state index in [1.54, 1.807) is 6.33 Å². The summed E-state index contributed by atoms with van der Waals surface area (Å²) in [7, 11) is 2.01. The zero-order chi connectivity index (χ0) is 14.6. The van der Waals surface area contributed by atoms with E-state index in [2.05, 4.69) is 31.9 Å². The molecule has 110 valence electrons. The van der Waals surface area contributed by atoms with E-state index in [1.165, 1.54) is 0 Å². The minimum absolute atomic E-state index is 0.377. The quantitative estimate of drug-likeness (QED) is 0.684. The maximum absolute atomic E-state index is 4.71. The van der Waals surface area contributed by atoms with Crippen LogP contribution in [0.3, 0.4) is 0 Å². The molecule has 8 nitrogen and oxygen atoms in total. The molecule has 0 amide bonds. The van der Waals surface area contributed by atoms with Gasteiger partial charge in [-0.1, -0.05) is 0 Å². The van der Waals surface area contributed by atoms with Gasteiger partial charge in [-0.3, -0.25) is 0 Å². The minimum Gasteiger partial charge on any atom is -0.349 e. The SMILES string of the molecule is Cc1nc2c(N3CCNCC3C)nc3nncn3c2n1C. The molecular weight excluding hydrogens is 268 g/mol. The van der Waals surface area contributed by atoms with Crippen LogP contribution in [0.2, 0.25) is 0 Å². The number of imidazole rings is 1. The lowest BCUT2D eigenvalue weighted by atomic mass is 10.2. The van der Waals surface area contributed by atoms with Crippen molar-refractivity contribution in [2.45, 2.75) is 19.9 Å². The Labute approximate surface area is 121 Å². The minimum atomic E-state index is 0.377. The van der Waals surface area contributed by atoms with E-state index in [9.17, 15) is 0 Å². The summed E-state index contributed by atoms with van der Waals surface area (Å²) in [5.41, 5.74) is 1.90. The van der Waals surface area contributed by atoms with Gasteiger partial charge in [0.1, 0.15) is 17.7 Å². The van der Waals surface area contributed by atoms with E-state index in [-0.39, 0.29) is 0 Å². The molecule has 0 radical (unpaired) electrons. The van der Waals surface area contributed by atoms with Crippen LogP contribution in [-0.2, 0) is 7.05 Å². The fourth-order valence-corrected chi connectivity index (χ4v) is 2.98. The largest absolute Gasteiger partial charge is 0.349 e. The Bertz CT molecular complexity index is 816. The highest BCUT2D eigenvalue weighted by Gasteiger charge is 2.25. The van der Waals surface area contributed by atoms with Crippen LogP contribution in [0.5, 0.6) is 0 Å². The highest BCUT2D eigenvalue weighted by atomic mass is 15.3. The Hall–Kier alpha value is -2.22. The molecular formula is C13H18N8. The van der Waals surface area contributed by atoms with E-state index >= 15 is 0 Å². The van der Waals surface area contributed by atoms with E-state index in [0.717, 1.165) is 42.4 Å². The molecule has 1 aliphatic heterocycles. The number of nitrogens with one attached hydrogen (secondary N) is 1. The first-order valence-electron chi connectivity index (χ1n) is 7.17. The molecule has 0 aliphatic carbocycles. The van der Waals surface area contributed by atoms with Gasteiger partial charge in [-0.25, -0.2) is 9.38 Å². The van der Waals surface area contributed by atoms with Gasteiger partial charge in [-0.05, 0) is 13.8 Å². The Morgan fingerprint density at radius 2 is 2.19 bits per heavy atom. The number of aromatic nitrogens is 6. The summed E-state index contributed by atoms with van der Waals surface area (Å²) in [4.78, 5) is 11.7. The fourth-order valence-electron chi connectivity index (χ4n) is 2.98. The maximum atomic E-state index is 4.71. The van der Waals surface area contributed by atoms with Crippen molar-refractivity contribution in [1.82, 2.24) is 34.4 Å². The first kappa shape index (κ1) is 12.5. The lowest BCUT2D eigenvalue weighted by Gasteiger charge is -2.34. The molecule has 3 aromatic heterocycles. The molecule has 21 heavy (non-hydrogen) atoms. The van der Waals surface area contributed by atoms with Gasteiger partial charge in [-0.2, -0.15) is 4.98 Å². The number of nitrogens with zero attached hydrogens (tertiary/aromatic N) is 7. The molecule has 1 aliphatic rings. The van der Waals surface area contributed by atoms with Crippen molar-refractivity contribution in [2.75, 3.05) is 24.5 Å². The van der Waals surface area contributed by atoms with Crippen LogP contribution in [0.15, 0.2) is 6.33 Å². The van der Waals surface area contributed by atoms with Crippen molar-refractivity contribution in [3.63, 3.8) is 0 Å². The first-order chi connectivity index (χ1) is 10.2. The van der Waals surface area contributed by atoms with Crippen LogP contribution in [0.4, 0.5) is 5.82 Å². The van der Waals surface area contributed by atoms with Gasteiger partial charge in [-0.15, -0.1) is 10.2 Å². The van der Waals surface area contributed by atoms with Crippen LogP contribution in [0.1, 0.15) is 12.7 Å². The van der Waals surface area contributed by atoms with Crippen LogP contribution in [0, 0.1) is 6.92 Å². The summed E-state index contributed by atoms with van der Waals surface area (Å²) in [6.45, 7) is 7.03. The van der Waals surface area contributed by atoms with Crippen LogP contribution in [0.25, 0.3) is 16.9 Å². The van der Waals surface area contributed by atoms with Crippen LogP contribution < -0.4 is 10.2 Å². The van der Waals surface area contributed by atoms with Crippen molar-refractivity contribution in [3.8, 4) is 0 Å². The maximum Gasteiger partial charge on any atom is 0.258 e. The predicted octanol–water partition coefficient (Wildman–Crippen LogP) is 0.118. The normalized spacial score (nSPS) is 19.8. The van der Waals surface area contributed by atoms with E-state index < -0.39 is 0 Å². The van der Waals surface area contributed by atoms with Crippen LogP contribution in [-0.4, -0.2) is 54.8 Å². The average Bonchev–Trinajstić information content (AvgIpc) is 3.04. The van der Waals surface area contributed by atoms with E-state index in [1.807, 2.05) is 18.4 Å². The molecule has 1 N–H and O–H groups in total. The van der Waals surface area contributed by atoms with Crippen molar-refractivity contribution < 1.29 is 0 Å². The summed E-state index contributed by atoms with van der Waals surface area (Å²) in [5, 5.41) is 11.5. The number of hydrogen-bond acceptors (Lipinski definition) is 6. The smallest absolute Gasteiger partial charge is 0.258 e. The molecule has 0 saturated carbocycles. The van der Waals surface area contributed by atoms with Gasteiger partial charge >= 0.3 is 0 Å². The van der Waals surface area contributed by atoms with Crippen molar-refractivity contribution in [1.29, 1.82) is 0 Å². The van der Waals surface area contributed by atoms with Crippen LogP contribution >= 0.6 is 0 Å². The van der Waals surface area contributed by atoms with E-state index in [4.69, 9.17) is 9.97 Å². The zero-order valence-corrected chi connectivity index (χ0v) is 12.4. The molecule has 1 fully saturated rings. The second-order valence-corrected chi connectivity index (χ2v) is 5.57. The molecule has 1 saturated heterocycles. The molecule has 3 aromatic rings. The zero-order valence-electron chi connectivity index (χ0n) is 12.4. The van der Waals surface area contributed by atoms with Crippen molar-refractivity contribution in [2.24, 2.45) is 7.05 Å². The Morgan fingerprint density at radius 1 is 1.33 bits per heavy atom. The summed E-state index contributed by atoms with van der Waals surface area (Å²) in [5.74, 6) is 2.48. The lowest BCUT2D eigenvalue weighted by Crippen LogP contribution is -2.50. The number of piperazine rings is 1. The third-order valence-electron chi connectivity index (χ3n) is 4.24. The molecule has 0 aromatic carbocycles. The summed E-state index contributed by atoms with van der Waals surface area (Å²) in [6.07, 6.45) is 1.69. The van der Waals surface area contributed by atoms with Gasteiger partial charge in [0.2, 0.25) is 0 Å². The van der Waals surface area contributed by atoms with Gasteiger partial charge in [0.25, 0.3) is 5.78 Å². The van der Waals surface area contributed by atoms with Gasteiger partial charge in [0.15, 0.2) is 11.5 Å². The molecule has 0 spiro atoms. The summed E-state index contributed by atoms with van der Waals surface area (Å²) >= 11 is 0. The second-order valence-electron chi connectivity index (χ2n) is 5.57. The molecule has 1 unspecified atom stereocenters. The number of fused-ring (bicyclic) bond motifs is 3. The third-order valence-corrected chi connectivity index (χ3v) is 4.24. The van der Waals surface area contributed by atoms with E-state index in [0.29, 0.717) is 11.8 Å². The third kappa shape index (κ3) is 1.72. The summed E-state index contributed by atoms with van der Waals surface area (Å²) < 4.78 is 3.95. The first-order valence-corrected chi connectivity index (χ1v) is 7.17. The Kier molecular flexibility index (Phi) is 2.61. The monoisotopic (exact) mass is 286 g/mol. The number of anilines is 1. The number of hydrogen-bond donors (Lipinski definition) is 1. The molecule has 4 rings (SSSR count). The predicted molar refractivity (Wildman–Crippen MR) is 79.5 cm³/mol. The highest BCUT2D eigenvalue weighted by molar-refractivity contribution is 5.86. The van der Waals surface area contributed by atoms with Crippen molar-refractivity contribution in [3.05, 3.63) is 12.2 Å². The fraction of sp³-hybridized carbons (Fsp3) is 0.538. The Balaban J connectivity index is 2.04. The molecule has 4 heterocycles. The molecule has 1 atom stereocenters. The molecule has 8 heteroatoms. The van der Waals surface area contributed by atoms with Gasteiger partial charge < -0.3 is 14.8 Å². The van der Waals surface area contributed by atoms with Gasteiger partial charge in [0, 0.05) is 32.7 Å². The second kappa shape index (κ2) is 4.39. The lowest BCUT2D eigenvalue weighted by molar-refractivity contribution is 0.498.